The van der Waals surface area contributed by atoms with E-state index in [0.29, 0.717) is 12.0 Å². The van der Waals surface area contributed by atoms with Gasteiger partial charge in [0.15, 0.2) is 9.84 Å². The van der Waals surface area contributed by atoms with Crippen molar-refractivity contribution < 1.29 is 22.7 Å². The molecule has 0 radical (unpaired) electrons. The lowest BCUT2D eigenvalue weighted by Gasteiger charge is -2.29. The summed E-state index contributed by atoms with van der Waals surface area (Å²) in [6.45, 7) is 0. The normalized spacial score (nSPS) is 26.7. The van der Waals surface area contributed by atoms with Crippen molar-refractivity contribution in [3.63, 3.8) is 0 Å². The Morgan fingerprint density at radius 1 is 1.33 bits per heavy atom. The number of carbonyl (C=O) groups excluding carboxylic acids is 2. The standard InChI is InChI=1S/C14H15NO5S/c1-20-14(17)10-6-7-13(16)15(10)11-8-21(18,19)12-5-3-2-4-9(11)12/h2-5,10-11H,6-8H2,1H3. The molecule has 7 heteroatoms. The lowest BCUT2D eigenvalue weighted by Crippen LogP contribution is -2.42. The van der Waals surface area contributed by atoms with Crippen LogP contribution in [-0.4, -0.2) is 44.1 Å². The topological polar surface area (TPSA) is 80.8 Å². The van der Waals surface area contributed by atoms with Gasteiger partial charge in [0.1, 0.15) is 6.04 Å². The number of hydrogen-bond donors (Lipinski definition) is 0. The highest BCUT2D eigenvalue weighted by Gasteiger charge is 2.47. The molecule has 6 nitrogen and oxygen atoms in total. The number of likely N-dealkylation sites (tertiary alicyclic amines) is 1. The van der Waals surface area contributed by atoms with E-state index in [-0.39, 0.29) is 23.0 Å². The molecule has 0 N–H and O–H groups in total. The zero-order chi connectivity index (χ0) is 15.2. The van der Waals surface area contributed by atoms with E-state index >= 15 is 0 Å². The van der Waals surface area contributed by atoms with E-state index in [9.17, 15) is 18.0 Å². The Hall–Kier alpha value is -1.89. The molecule has 1 aromatic rings. The van der Waals surface area contributed by atoms with Crippen LogP contribution in [-0.2, 0) is 24.2 Å². The second-order valence-electron chi connectivity index (χ2n) is 5.21. The van der Waals surface area contributed by atoms with Crippen LogP contribution in [0.25, 0.3) is 0 Å². The number of carbonyl (C=O) groups is 2. The van der Waals surface area contributed by atoms with Gasteiger partial charge in [0.2, 0.25) is 5.91 Å². The van der Waals surface area contributed by atoms with Crippen LogP contribution >= 0.6 is 0 Å². The van der Waals surface area contributed by atoms with Crippen molar-refractivity contribution in [2.45, 2.75) is 29.8 Å². The number of benzene rings is 1. The largest absolute Gasteiger partial charge is 0.467 e. The molecule has 0 spiro atoms. The van der Waals surface area contributed by atoms with Gasteiger partial charge in [0, 0.05) is 6.42 Å². The molecule has 0 aliphatic carbocycles. The van der Waals surface area contributed by atoms with E-state index in [1.54, 1.807) is 24.3 Å². The minimum Gasteiger partial charge on any atom is -0.467 e. The number of sulfone groups is 1. The number of esters is 1. The maximum Gasteiger partial charge on any atom is 0.328 e. The van der Waals surface area contributed by atoms with Crippen LogP contribution in [0.4, 0.5) is 0 Å². The van der Waals surface area contributed by atoms with Crippen LogP contribution in [0.15, 0.2) is 29.2 Å². The van der Waals surface area contributed by atoms with E-state index in [4.69, 9.17) is 4.74 Å². The van der Waals surface area contributed by atoms with Crippen LogP contribution in [0.5, 0.6) is 0 Å². The van der Waals surface area contributed by atoms with Gasteiger partial charge in [-0.3, -0.25) is 4.79 Å². The average Bonchev–Trinajstić information content (AvgIpc) is 2.97. The van der Waals surface area contributed by atoms with Crippen LogP contribution in [0.1, 0.15) is 24.4 Å². The van der Waals surface area contributed by atoms with Gasteiger partial charge in [-0.2, -0.15) is 0 Å². The summed E-state index contributed by atoms with van der Waals surface area (Å²) in [6, 6.07) is 5.32. The smallest absolute Gasteiger partial charge is 0.328 e. The van der Waals surface area contributed by atoms with Gasteiger partial charge < -0.3 is 9.64 Å². The lowest BCUT2D eigenvalue weighted by atomic mass is 10.1. The minimum atomic E-state index is -3.42. The molecule has 112 valence electrons. The highest BCUT2D eigenvalue weighted by atomic mass is 32.2. The molecule has 2 unspecified atom stereocenters. The van der Waals surface area contributed by atoms with Crippen LogP contribution in [0, 0.1) is 0 Å². The number of rotatable bonds is 2. The zero-order valence-corrected chi connectivity index (χ0v) is 12.3. The van der Waals surface area contributed by atoms with Crippen molar-refractivity contribution in [3.05, 3.63) is 29.8 Å². The summed E-state index contributed by atoms with van der Waals surface area (Å²) in [4.78, 5) is 25.6. The zero-order valence-electron chi connectivity index (χ0n) is 11.5. The summed E-state index contributed by atoms with van der Waals surface area (Å²) >= 11 is 0. The summed E-state index contributed by atoms with van der Waals surface area (Å²) in [7, 11) is -2.15. The Balaban J connectivity index is 2.05. The van der Waals surface area contributed by atoms with Crippen LogP contribution < -0.4 is 0 Å². The van der Waals surface area contributed by atoms with Gasteiger partial charge in [0.25, 0.3) is 0 Å². The first-order chi connectivity index (χ1) is 9.95. The summed E-state index contributed by atoms with van der Waals surface area (Å²) in [6.07, 6.45) is 0.600. The van der Waals surface area contributed by atoms with Crippen molar-refractivity contribution in [2.24, 2.45) is 0 Å². The van der Waals surface area contributed by atoms with Crippen LogP contribution in [0.2, 0.25) is 0 Å². The Morgan fingerprint density at radius 3 is 2.76 bits per heavy atom. The maximum absolute atomic E-state index is 12.2. The summed E-state index contributed by atoms with van der Waals surface area (Å²) in [5, 5.41) is 0. The Bertz CT molecular complexity index is 712. The molecule has 1 aromatic carbocycles. The average molecular weight is 309 g/mol. The summed E-state index contributed by atoms with van der Waals surface area (Å²) in [5.74, 6) is -0.879. The predicted octanol–water partition coefficient (Wildman–Crippen LogP) is 0.679. The van der Waals surface area contributed by atoms with Crippen molar-refractivity contribution in [1.82, 2.24) is 4.90 Å². The van der Waals surface area contributed by atoms with E-state index in [0.717, 1.165) is 0 Å². The molecule has 0 saturated carbocycles. The van der Waals surface area contributed by atoms with Gasteiger partial charge in [0.05, 0.1) is 23.8 Å². The molecule has 2 heterocycles. The van der Waals surface area contributed by atoms with Crippen LogP contribution in [0.3, 0.4) is 0 Å². The molecule has 0 bridgehead atoms. The molecule has 2 aliphatic rings. The quantitative estimate of drug-likeness (QED) is 0.750. The number of amides is 1. The Morgan fingerprint density at radius 2 is 2.05 bits per heavy atom. The molecule has 3 rings (SSSR count). The molecule has 1 amide bonds. The van der Waals surface area contributed by atoms with Crippen molar-refractivity contribution in [3.8, 4) is 0 Å². The number of fused-ring (bicyclic) bond motifs is 1. The van der Waals surface area contributed by atoms with Gasteiger partial charge in [-0.05, 0) is 18.1 Å². The van der Waals surface area contributed by atoms with Crippen molar-refractivity contribution >= 4 is 21.7 Å². The third-order valence-electron chi connectivity index (χ3n) is 4.05. The summed E-state index contributed by atoms with van der Waals surface area (Å²) < 4.78 is 29.2. The SMILES string of the molecule is COC(=O)C1CCC(=O)N1C1CS(=O)(=O)c2ccccc21. The van der Waals surface area contributed by atoms with Gasteiger partial charge in [-0.15, -0.1) is 0 Å². The summed E-state index contributed by atoms with van der Waals surface area (Å²) in [5.41, 5.74) is 0.585. The first-order valence-corrected chi connectivity index (χ1v) is 8.31. The lowest BCUT2D eigenvalue weighted by molar-refractivity contribution is -0.150. The first kappa shape index (κ1) is 14.1. The van der Waals surface area contributed by atoms with Crippen molar-refractivity contribution in [1.29, 1.82) is 0 Å². The molecular weight excluding hydrogens is 294 g/mol. The van der Waals surface area contributed by atoms with E-state index in [2.05, 4.69) is 0 Å². The number of hydrogen-bond acceptors (Lipinski definition) is 5. The highest BCUT2D eigenvalue weighted by Crippen LogP contribution is 2.40. The molecule has 0 aromatic heterocycles. The first-order valence-electron chi connectivity index (χ1n) is 6.66. The molecule has 21 heavy (non-hydrogen) atoms. The second-order valence-corrected chi connectivity index (χ2v) is 7.22. The highest BCUT2D eigenvalue weighted by molar-refractivity contribution is 7.91. The van der Waals surface area contributed by atoms with E-state index in [1.807, 2.05) is 0 Å². The van der Waals surface area contributed by atoms with E-state index < -0.39 is 27.9 Å². The van der Waals surface area contributed by atoms with Gasteiger partial charge in [-0.25, -0.2) is 13.2 Å². The number of ether oxygens (including phenoxy) is 1. The van der Waals surface area contributed by atoms with E-state index in [1.165, 1.54) is 12.0 Å². The molecule has 1 saturated heterocycles. The third-order valence-corrected chi connectivity index (χ3v) is 5.85. The fourth-order valence-electron chi connectivity index (χ4n) is 3.12. The third kappa shape index (κ3) is 2.12. The monoisotopic (exact) mass is 309 g/mol. The second kappa shape index (κ2) is 4.84. The molecule has 2 atom stereocenters. The Labute approximate surface area is 122 Å². The molecular formula is C14H15NO5S. The molecule has 1 fully saturated rings. The van der Waals surface area contributed by atoms with Gasteiger partial charge in [-0.1, -0.05) is 18.2 Å². The number of nitrogens with zero attached hydrogens (tertiary/aromatic N) is 1. The predicted molar refractivity (Wildman–Crippen MR) is 73.1 cm³/mol. The van der Waals surface area contributed by atoms with Gasteiger partial charge >= 0.3 is 5.97 Å². The fraction of sp³-hybridized carbons (Fsp3) is 0.429. The fourth-order valence-corrected chi connectivity index (χ4v) is 4.90. The number of methoxy groups -OCH3 is 1. The Kier molecular flexibility index (Phi) is 3.24. The maximum atomic E-state index is 12.2. The minimum absolute atomic E-state index is 0.175. The molecule has 2 aliphatic heterocycles. The van der Waals surface area contributed by atoms with Crippen molar-refractivity contribution in [2.75, 3.05) is 12.9 Å².